The smallest absolute Gasteiger partial charge is 0.0616 e. The van der Waals surface area contributed by atoms with Gasteiger partial charge in [0.05, 0.1) is 16.1 Å². The van der Waals surface area contributed by atoms with Crippen LogP contribution in [0.1, 0.15) is 11.1 Å². The van der Waals surface area contributed by atoms with Crippen LogP contribution in [0.2, 0.25) is 0 Å². The monoisotopic (exact) mass is 255 g/mol. The van der Waals surface area contributed by atoms with Gasteiger partial charge < -0.3 is 0 Å². The van der Waals surface area contributed by atoms with E-state index in [2.05, 4.69) is 58.4 Å². The lowest BCUT2D eigenvalue weighted by Gasteiger charge is -2.04. The number of allylic oxidation sites excluding steroid dienone is 2. The first kappa shape index (κ1) is 8.84. The molecule has 0 amide bonds. The molecule has 15 heavy (non-hydrogen) atoms. The summed E-state index contributed by atoms with van der Waals surface area (Å²) in [5.74, 6) is 0. The van der Waals surface area contributed by atoms with Crippen LogP contribution in [-0.4, -0.2) is 0 Å². The minimum Gasteiger partial charge on any atom is -0.0616 e. The van der Waals surface area contributed by atoms with Gasteiger partial charge in [-0.25, -0.2) is 0 Å². The van der Waals surface area contributed by atoms with Crippen LogP contribution in [0, 0.1) is 6.08 Å². The van der Waals surface area contributed by atoms with Crippen LogP contribution in [-0.2, 0) is 0 Å². The third-order valence-electron chi connectivity index (χ3n) is 2.64. The summed E-state index contributed by atoms with van der Waals surface area (Å²) in [5, 5.41) is 2.52. The summed E-state index contributed by atoms with van der Waals surface area (Å²) in [6.07, 6.45) is 9.17. The molecule has 0 saturated carbocycles. The molecule has 0 fully saturated rings. The van der Waals surface area contributed by atoms with E-state index >= 15 is 0 Å². The SMILES string of the molecule is Brc1c2c(cc3ccccc13)C=C[C+]=C2. The maximum atomic E-state index is 3.66. The Morgan fingerprint density at radius 1 is 1.13 bits per heavy atom. The van der Waals surface area contributed by atoms with Crippen molar-refractivity contribution in [2.45, 2.75) is 0 Å². The topological polar surface area (TPSA) is 0 Å². The highest BCUT2D eigenvalue weighted by atomic mass is 79.9. The molecule has 3 rings (SSSR count). The summed E-state index contributed by atoms with van der Waals surface area (Å²) in [6.45, 7) is 0. The summed E-state index contributed by atoms with van der Waals surface area (Å²) >= 11 is 3.66. The highest BCUT2D eigenvalue weighted by Crippen LogP contribution is 2.33. The highest BCUT2D eigenvalue weighted by molar-refractivity contribution is 9.10. The van der Waals surface area contributed by atoms with E-state index in [9.17, 15) is 0 Å². The molecule has 1 aliphatic carbocycles. The predicted octanol–water partition coefficient (Wildman–Crippen LogP) is 4.45. The first-order chi connectivity index (χ1) is 7.36. The lowest BCUT2D eigenvalue weighted by molar-refractivity contribution is 1.59. The van der Waals surface area contributed by atoms with Gasteiger partial charge in [0.15, 0.2) is 0 Å². The van der Waals surface area contributed by atoms with E-state index in [1.165, 1.54) is 21.9 Å². The van der Waals surface area contributed by atoms with E-state index in [0.29, 0.717) is 0 Å². The largest absolute Gasteiger partial charge is 0.112 e. The maximum Gasteiger partial charge on any atom is 0.112 e. The Morgan fingerprint density at radius 3 is 2.93 bits per heavy atom. The second kappa shape index (κ2) is 3.30. The molecule has 0 N–H and O–H groups in total. The predicted molar refractivity (Wildman–Crippen MR) is 68.4 cm³/mol. The van der Waals surface area contributed by atoms with Gasteiger partial charge in [0.25, 0.3) is 0 Å². The number of hydrogen-bond donors (Lipinski definition) is 0. The summed E-state index contributed by atoms with van der Waals surface area (Å²) in [4.78, 5) is 0. The molecule has 0 aromatic heterocycles. The molecule has 70 valence electrons. The zero-order valence-electron chi connectivity index (χ0n) is 8.00. The third-order valence-corrected chi connectivity index (χ3v) is 3.50. The first-order valence-corrected chi connectivity index (χ1v) is 5.62. The molecule has 0 saturated heterocycles. The minimum atomic E-state index is 1.16. The zero-order valence-corrected chi connectivity index (χ0v) is 9.58. The molecule has 0 aliphatic heterocycles. The van der Waals surface area contributed by atoms with E-state index in [0.717, 1.165) is 4.47 Å². The summed E-state index contributed by atoms with van der Waals surface area (Å²) < 4.78 is 1.16. The molecule has 0 atom stereocenters. The van der Waals surface area contributed by atoms with Gasteiger partial charge in [-0.2, -0.15) is 0 Å². The molecule has 1 aliphatic rings. The number of rotatable bonds is 0. The molecule has 2 aromatic rings. The van der Waals surface area contributed by atoms with Crippen LogP contribution in [0.25, 0.3) is 22.9 Å². The van der Waals surface area contributed by atoms with Gasteiger partial charge in [0.1, 0.15) is 17.7 Å². The average molecular weight is 256 g/mol. The Bertz CT molecular complexity index is 592. The number of halogens is 1. The van der Waals surface area contributed by atoms with Crippen molar-refractivity contribution in [3.05, 3.63) is 58.1 Å². The van der Waals surface area contributed by atoms with Crippen LogP contribution in [0.15, 0.2) is 40.9 Å². The van der Waals surface area contributed by atoms with Gasteiger partial charge >= 0.3 is 0 Å². The van der Waals surface area contributed by atoms with Crippen LogP contribution in [0.5, 0.6) is 0 Å². The van der Waals surface area contributed by atoms with Crippen molar-refractivity contribution in [2.75, 3.05) is 0 Å². The second-order valence-corrected chi connectivity index (χ2v) is 4.35. The van der Waals surface area contributed by atoms with Gasteiger partial charge in [-0.3, -0.25) is 0 Å². The van der Waals surface area contributed by atoms with Crippen LogP contribution >= 0.6 is 15.9 Å². The molecular formula is C14H8Br+. The van der Waals surface area contributed by atoms with Crippen molar-refractivity contribution in [1.29, 1.82) is 0 Å². The van der Waals surface area contributed by atoms with E-state index in [1.54, 1.807) is 0 Å². The van der Waals surface area contributed by atoms with Crippen molar-refractivity contribution in [1.82, 2.24) is 0 Å². The fourth-order valence-electron chi connectivity index (χ4n) is 1.89. The Balaban J connectivity index is 2.48. The molecule has 0 heterocycles. The number of hydrogen-bond acceptors (Lipinski definition) is 0. The quantitative estimate of drug-likeness (QED) is 0.611. The zero-order chi connectivity index (χ0) is 10.3. The maximum absolute atomic E-state index is 3.66. The molecule has 0 radical (unpaired) electrons. The van der Waals surface area contributed by atoms with Gasteiger partial charge in [-0.05, 0) is 27.4 Å². The summed E-state index contributed by atoms with van der Waals surface area (Å²) in [7, 11) is 0. The van der Waals surface area contributed by atoms with Crippen molar-refractivity contribution < 1.29 is 0 Å². The third kappa shape index (κ3) is 1.32. The van der Waals surface area contributed by atoms with Crippen molar-refractivity contribution >= 4 is 38.9 Å². The molecular weight excluding hydrogens is 248 g/mol. The van der Waals surface area contributed by atoms with E-state index in [4.69, 9.17) is 0 Å². The molecule has 2 aromatic carbocycles. The first-order valence-electron chi connectivity index (χ1n) is 4.83. The number of fused-ring (bicyclic) bond motifs is 2. The molecule has 1 heteroatoms. The highest BCUT2D eigenvalue weighted by Gasteiger charge is 2.15. The molecule has 0 unspecified atom stereocenters. The van der Waals surface area contributed by atoms with Crippen LogP contribution in [0.3, 0.4) is 0 Å². The normalized spacial score (nSPS) is 12.6. The average Bonchev–Trinajstić information content (AvgIpc) is 2.30. The lowest BCUT2D eigenvalue weighted by atomic mass is 9.98. The molecule has 0 bridgehead atoms. The molecule has 0 nitrogen and oxygen atoms in total. The Morgan fingerprint density at radius 2 is 2.00 bits per heavy atom. The van der Waals surface area contributed by atoms with E-state index in [1.807, 2.05) is 12.2 Å². The Hall–Kier alpha value is -1.43. The fourth-order valence-corrected chi connectivity index (χ4v) is 2.60. The summed E-state index contributed by atoms with van der Waals surface area (Å²) in [6, 6.07) is 10.6. The van der Waals surface area contributed by atoms with E-state index in [-0.39, 0.29) is 0 Å². The van der Waals surface area contributed by atoms with Gasteiger partial charge in [0, 0.05) is 11.5 Å². The Labute approximate surface area is 97.1 Å². The van der Waals surface area contributed by atoms with Crippen LogP contribution in [0.4, 0.5) is 0 Å². The van der Waals surface area contributed by atoms with Gasteiger partial charge in [-0.15, -0.1) is 0 Å². The van der Waals surface area contributed by atoms with Crippen molar-refractivity contribution in [3.63, 3.8) is 0 Å². The number of benzene rings is 2. The Kier molecular flexibility index (Phi) is 1.95. The standard InChI is InChI=1S/C14H8Br/c15-14-12-7-3-1-5-10(12)9-11-6-2-4-8-13(11)14/h1-3,5-9H/q+1. The minimum absolute atomic E-state index is 1.16. The van der Waals surface area contributed by atoms with Gasteiger partial charge in [-0.1, -0.05) is 24.3 Å². The van der Waals surface area contributed by atoms with Crippen molar-refractivity contribution in [3.8, 4) is 0 Å². The van der Waals surface area contributed by atoms with Crippen LogP contribution < -0.4 is 0 Å². The second-order valence-electron chi connectivity index (χ2n) is 3.56. The van der Waals surface area contributed by atoms with Crippen molar-refractivity contribution in [2.24, 2.45) is 0 Å². The molecule has 0 spiro atoms. The van der Waals surface area contributed by atoms with E-state index < -0.39 is 0 Å². The fraction of sp³-hybridized carbons (Fsp3) is 0. The summed E-state index contributed by atoms with van der Waals surface area (Å²) in [5.41, 5.74) is 2.47. The lowest BCUT2D eigenvalue weighted by Crippen LogP contribution is -1.88. The van der Waals surface area contributed by atoms with Gasteiger partial charge in [0.2, 0.25) is 0 Å².